The zero-order valence-corrected chi connectivity index (χ0v) is 70.3. The number of carbonyl (C=O) groups is 4. The third kappa shape index (κ3) is 75.5. The van der Waals surface area contributed by atoms with Crippen molar-refractivity contribution in [1.29, 1.82) is 0 Å². The van der Waals surface area contributed by atoms with Gasteiger partial charge in [0.1, 0.15) is 19.3 Å². The van der Waals surface area contributed by atoms with Crippen molar-refractivity contribution in [2.45, 2.75) is 465 Å². The predicted octanol–water partition coefficient (Wildman–Crippen LogP) is 25.7. The second-order valence-corrected chi connectivity index (χ2v) is 34.4. The molecule has 0 heterocycles. The van der Waals surface area contributed by atoms with Gasteiger partial charge in [-0.2, -0.15) is 0 Å². The van der Waals surface area contributed by atoms with Crippen LogP contribution >= 0.6 is 15.6 Å². The first kappa shape index (κ1) is 102. The van der Waals surface area contributed by atoms with Crippen LogP contribution in [0.2, 0.25) is 0 Å². The SMILES string of the molecule is CCCCCCCCCCCCCCCCCCCCCC(=O)OC[C@H](COP(=O)(O)OC[C@@H](O)COP(=O)(O)OC[C@@H](COC(=O)CCCCCCCCC(C)CC)OC(=O)CCCCCCCCCCCCC(C)CC)OC(=O)CCCCCCCCCCCCCCCCCCCCC(C)C. The molecular weight excluding hydrogens is 1350 g/mol. The maximum Gasteiger partial charge on any atom is 0.472 e. The van der Waals surface area contributed by atoms with E-state index in [1.807, 2.05) is 0 Å². The van der Waals surface area contributed by atoms with Gasteiger partial charge < -0.3 is 33.8 Å². The van der Waals surface area contributed by atoms with Crippen molar-refractivity contribution in [2.24, 2.45) is 17.8 Å². The number of aliphatic hydroxyl groups excluding tert-OH is 1. The number of phosphoric ester groups is 2. The molecule has 17 nitrogen and oxygen atoms in total. The minimum absolute atomic E-state index is 0.105. The van der Waals surface area contributed by atoms with Crippen LogP contribution in [0.1, 0.15) is 447 Å². The molecule has 0 aliphatic heterocycles. The van der Waals surface area contributed by atoms with Crippen LogP contribution in [0.5, 0.6) is 0 Å². The molecule has 0 bridgehead atoms. The molecule has 0 saturated heterocycles. The summed E-state index contributed by atoms with van der Waals surface area (Å²) in [5.74, 6) is 0.246. The molecule has 0 aromatic carbocycles. The maximum atomic E-state index is 13.1. The Labute approximate surface area is 638 Å². The van der Waals surface area contributed by atoms with Gasteiger partial charge in [0, 0.05) is 25.7 Å². The first-order chi connectivity index (χ1) is 50.3. The van der Waals surface area contributed by atoms with Gasteiger partial charge in [0.2, 0.25) is 0 Å². The molecule has 4 unspecified atom stereocenters. The van der Waals surface area contributed by atoms with Gasteiger partial charge in [-0.05, 0) is 43.4 Å². The third-order valence-corrected chi connectivity index (χ3v) is 22.5. The average molecular weight is 1520 g/mol. The number of rotatable bonds is 83. The van der Waals surface area contributed by atoms with E-state index in [2.05, 4.69) is 48.5 Å². The Balaban J connectivity index is 5.23. The number of hydrogen-bond acceptors (Lipinski definition) is 15. The number of ether oxygens (including phenoxy) is 4. The number of aliphatic hydroxyl groups is 1. The summed E-state index contributed by atoms with van der Waals surface area (Å²) >= 11 is 0. The van der Waals surface area contributed by atoms with Crippen molar-refractivity contribution < 1.29 is 80.2 Å². The van der Waals surface area contributed by atoms with Crippen LogP contribution in [0.25, 0.3) is 0 Å². The average Bonchev–Trinajstić information content (AvgIpc) is 0.915. The number of unbranched alkanes of at least 4 members (excludes halogenated alkanes) is 49. The Morgan fingerprint density at radius 1 is 0.279 bits per heavy atom. The number of hydrogen-bond donors (Lipinski definition) is 3. The maximum absolute atomic E-state index is 13.1. The van der Waals surface area contributed by atoms with E-state index in [0.29, 0.717) is 25.7 Å². The molecule has 0 aliphatic rings. The van der Waals surface area contributed by atoms with Crippen LogP contribution in [0.4, 0.5) is 0 Å². The van der Waals surface area contributed by atoms with Crippen molar-refractivity contribution in [3.05, 3.63) is 0 Å². The van der Waals surface area contributed by atoms with Crippen molar-refractivity contribution in [3.63, 3.8) is 0 Å². The lowest BCUT2D eigenvalue weighted by molar-refractivity contribution is -0.161. The van der Waals surface area contributed by atoms with Gasteiger partial charge in [0.25, 0.3) is 0 Å². The molecule has 7 atom stereocenters. The molecule has 19 heteroatoms. The molecule has 3 N–H and O–H groups in total. The van der Waals surface area contributed by atoms with Gasteiger partial charge in [-0.1, -0.05) is 395 Å². The van der Waals surface area contributed by atoms with Gasteiger partial charge in [-0.25, -0.2) is 9.13 Å². The summed E-state index contributed by atoms with van der Waals surface area (Å²) in [5, 5.41) is 10.7. The van der Waals surface area contributed by atoms with E-state index in [4.69, 9.17) is 37.0 Å². The fourth-order valence-electron chi connectivity index (χ4n) is 13.1. The summed E-state index contributed by atoms with van der Waals surface area (Å²) in [5.41, 5.74) is 0. The summed E-state index contributed by atoms with van der Waals surface area (Å²) in [6.07, 6.45) is 65.3. The Kier molecular flexibility index (Phi) is 73.7. The quantitative estimate of drug-likeness (QED) is 0.0222. The van der Waals surface area contributed by atoms with Gasteiger partial charge in [0.15, 0.2) is 12.2 Å². The molecule has 0 spiro atoms. The van der Waals surface area contributed by atoms with E-state index < -0.39 is 97.5 Å². The Morgan fingerprint density at radius 3 is 0.731 bits per heavy atom. The second kappa shape index (κ2) is 75.1. The molecule has 0 rings (SSSR count). The van der Waals surface area contributed by atoms with Crippen LogP contribution in [0.3, 0.4) is 0 Å². The Hall–Kier alpha value is -1.94. The van der Waals surface area contributed by atoms with Gasteiger partial charge in [-0.15, -0.1) is 0 Å². The summed E-state index contributed by atoms with van der Waals surface area (Å²) in [6, 6.07) is 0. The number of phosphoric acid groups is 2. The highest BCUT2D eigenvalue weighted by molar-refractivity contribution is 7.47. The van der Waals surface area contributed by atoms with Gasteiger partial charge >= 0.3 is 39.5 Å². The van der Waals surface area contributed by atoms with Gasteiger partial charge in [0.05, 0.1) is 26.4 Å². The molecule has 0 aromatic heterocycles. The highest BCUT2D eigenvalue weighted by Gasteiger charge is 2.30. The van der Waals surface area contributed by atoms with Gasteiger partial charge in [-0.3, -0.25) is 37.3 Å². The topological polar surface area (TPSA) is 237 Å². The summed E-state index contributed by atoms with van der Waals surface area (Å²) in [6.45, 7) is 12.0. The number of esters is 4. The van der Waals surface area contributed by atoms with E-state index in [0.717, 1.165) is 114 Å². The molecule has 104 heavy (non-hydrogen) atoms. The summed E-state index contributed by atoms with van der Waals surface area (Å²) in [7, 11) is -9.93. The Morgan fingerprint density at radius 2 is 0.490 bits per heavy atom. The minimum Gasteiger partial charge on any atom is -0.462 e. The first-order valence-corrected chi connectivity index (χ1v) is 46.9. The first-order valence-electron chi connectivity index (χ1n) is 43.9. The largest absolute Gasteiger partial charge is 0.472 e. The molecular formula is C85H166O17P2. The normalized spacial score (nSPS) is 14.4. The van der Waals surface area contributed by atoms with Crippen molar-refractivity contribution in [1.82, 2.24) is 0 Å². The molecule has 0 fully saturated rings. The van der Waals surface area contributed by atoms with Crippen LogP contribution < -0.4 is 0 Å². The van der Waals surface area contributed by atoms with E-state index in [-0.39, 0.29) is 25.7 Å². The summed E-state index contributed by atoms with van der Waals surface area (Å²) in [4.78, 5) is 73.2. The van der Waals surface area contributed by atoms with Crippen molar-refractivity contribution in [3.8, 4) is 0 Å². The molecule has 0 aromatic rings. The van der Waals surface area contributed by atoms with Crippen molar-refractivity contribution >= 4 is 39.5 Å². The highest BCUT2D eigenvalue weighted by Crippen LogP contribution is 2.45. The fourth-order valence-corrected chi connectivity index (χ4v) is 14.7. The zero-order valence-electron chi connectivity index (χ0n) is 68.5. The van der Waals surface area contributed by atoms with E-state index in [1.165, 1.54) is 250 Å². The van der Waals surface area contributed by atoms with Crippen LogP contribution in [-0.2, 0) is 65.4 Å². The lowest BCUT2D eigenvalue weighted by Gasteiger charge is -2.21. The molecule has 0 radical (unpaired) electrons. The van der Waals surface area contributed by atoms with Crippen LogP contribution in [0.15, 0.2) is 0 Å². The second-order valence-electron chi connectivity index (χ2n) is 31.5. The fraction of sp³-hybridized carbons (Fsp3) is 0.953. The van der Waals surface area contributed by atoms with Crippen LogP contribution in [0, 0.1) is 17.8 Å². The van der Waals surface area contributed by atoms with E-state index in [1.54, 1.807) is 0 Å². The summed E-state index contributed by atoms with van der Waals surface area (Å²) < 4.78 is 68.8. The monoisotopic (exact) mass is 1520 g/mol. The standard InChI is InChI=1S/C85H166O17P2/c1-8-11-12-13-14-15-16-17-18-19-20-24-27-30-33-39-44-52-59-66-82(87)95-72-80(101-84(89)68-61-54-45-40-34-31-28-25-22-21-23-26-29-32-37-42-49-56-63-76(4)5)74-99-103(91,92)97-70-79(86)71-98-104(93,94)100-75-81(73-96-83(88)67-60-53-48-47-51-58-65-78(7)10-3)102-85(90)69-62-55-46-41-36-35-38-43-50-57-64-77(6)9-2/h76-81,86H,8-75H2,1-7H3,(H,91,92)(H,93,94)/t77?,78?,79-,80-,81-/m1/s1. The zero-order chi connectivity index (χ0) is 76.5. The molecule has 0 saturated carbocycles. The third-order valence-electron chi connectivity index (χ3n) is 20.6. The van der Waals surface area contributed by atoms with Crippen molar-refractivity contribution in [2.75, 3.05) is 39.6 Å². The molecule has 0 amide bonds. The molecule has 0 aliphatic carbocycles. The Bertz CT molecular complexity index is 2010. The van der Waals surface area contributed by atoms with E-state index in [9.17, 15) is 43.2 Å². The lowest BCUT2D eigenvalue weighted by Crippen LogP contribution is -2.30. The number of carbonyl (C=O) groups excluding carboxylic acids is 4. The smallest absolute Gasteiger partial charge is 0.462 e. The lowest BCUT2D eigenvalue weighted by atomic mass is 9.99. The van der Waals surface area contributed by atoms with E-state index >= 15 is 0 Å². The minimum atomic E-state index is -4.97. The molecule has 618 valence electrons. The van der Waals surface area contributed by atoms with Crippen LogP contribution in [-0.4, -0.2) is 96.7 Å². The highest BCUT2D eigenvalue weighted by atomic mass is 31.2. The predicted molar refractivity (Wildman–Crippen MR) is 428 cm³/mol.